The van der Waals surface area contributed by atoms with E-state index in [4.69, 9.17) is 0 Å². The van der Waals surface area contributed by atoms with E-state index in [0.717, 1.165) is 8.88 Å². The molecule has 0 aromatic rings. The van der Waals surface area contributed by atoms with E-state index in [2.05, 4.69) is 50.5 Å². The minimum absolute atomic E-state index is 0.730. The number of nitrogens with zero attached hydrogens (tertiary/aromatic N) is 1. The number of hydrogen-bond donors (Lipinski definition) is 0. The lowest BCUT2D eigenvalue weighted by Gasteiger charge is -2.31. The van der Waals surface area contributed by atoms with Gasteiger partial charge in [0.2, 0.25) is 0 Å². The Morgan fingerprint density at radius 1 is 1.56 bits per heavy atom. The molecule has 1 aliphatic rings. The Kier molecular flexibility index (Phi) is 3.24. The van der Waals surface area contributed by atoms with E-state index in [0.29, 0.717) is 0 Å². The molecule has 2 atom stereocenters. The van der Waals surface area contributed by atoms with Crippen molar-refractivity contribution in [1.29, 1.82) is 0 Å². The molecule has 2 unspecified atom stereocenters. The molecule has 1 nitrogen and oxygen atoms in total. The summed E-state index contributed by atoms with van der Waals surface area (Å²) in [7, 11) is 2.19. The van der Waals surface area contributed by atoms with Gasteiger partial charge in [-0.3, -0.25) is 4.90 Å². The Labute approximate surface area is 78.4 Å². The van der Waals surface area contributed by atoms with Crippen LogP contribution in [0.15, 0.2) is 0 Å². The number of likely N-dealkylation sites (tertiary alicyclic amines) is 1. The SMILES string of the molecule is CN1CC(Br)CCC1I. The fourth-order valence-electron chi connectivity index (χ4n) is 1.06. The zero-order valence-electron chi connectivity index (χ0n) is 5.48. The van der Waals surface area contributed by atoms with Crippen molar-refractivity contribution in [3.05, 3.63) is 0 Å². The van der Waals surface area contributed by atoms with Crippen LogP contribution in [0.2, 0.25) is 0 Å². The number of rotatable bonds is 0. The second kappa shape index (κ2) is 3.53. The smallest absolute Gasteiger partial charge is 0.0616 e. The summed E-state index contributed by atoms with van der Waals surface area (Å²) in [4.78, 5) is 3.12. The van der Waals surface area contributed by atoms with Gasteiger partial charge in [0.25, 0.3) is 0 Å². The summed E-state index contributed by atoms with van der Waals surface area (Å²) in [5.41, 5.74) is 0. The summed E-state index contributed by atoms with van der Waals surface area (Å²) in [6.45, 7) is 1.20. The Bertz CT molecular complexity index is 99.1. The lowest BCUT2D eigenvalue weighted by atomic mass is 10.1. The number of hydrogen-bond acceptors (Lipinski definition) is 1. The summed E-state index contributed by atoms with van der Waals surface area (Å²) >= 11 is 6.11. The summed E-state index contributed by atoms with van der Waals surface area (Å²) in [6.07, 6.45) is 2.66. The van der Waals surface area contributed by atoms with Gasteiger partial charge in [0.1, 0.15) is 0 Å². The average Bonchev–Trinajstić information content (AvgIpc) is 1.80. The molecule has 1 rings (SSSR count). The van der Waals surface area contributed by atoms with Gasteiger partial charge in [-0.05, 0) is 19.9 Å². The maximum atomic E-state index is 3.61. The van der Waals surface area contributed by atoms with Crippen LogP contribution in [0.5, 0.6) is 0 Å². The van der Waals surface area contributed by atoms with Gasteiger partial charge in [-0.2, -0.15) is 0 Å². The molecular weight excluding hydrogens is 293 g/mol. The predicted molar refractivity (Wildman–Crippen MR) is 52.4 cm³/mol. The topological polar surface area (TPSA) is 3.24 Å². The van der Waals surface area contributed by atoms with Crippen molar-refractivity contribution >= 4 is 38.5 Å². The summed E-state index contributed by atoms with van der Waals surface area (Å²) in [6, 6.07) is 0. The molecule has 0 amide bonds. The zero-order valence-corrected chi connectivity index (χ0v) is 9.22. The van der Waals surface area contributed by atoms with Crippen molar-refractivity contribution in [3.8, 4) is 0 Å². The van der Waals surface area contributed by atoms with Crippen LogP contribution < -0.4 is 0 Å². The highest BCUT2D eigenvalue weighted by atomic mass is 127. The van der Waals surface area contributed by atoms with Gasteiger partial charge in [0, 0.05) is 11.4 Å². The maximum absolute atomic E-state index is 3.61. The molecule has 0 radical (unpaired) electrons. The van der Waals surface area contributed by atoms with Gasteiger partial charge in [-0.25, -0.2) is 0 Å². The first-order valence-corrected chi connectivity index (χ1v) is 5.34. The van der Waals surface area contributed by atoms with Crippen molar-refractivity contribution in [2.24, 2.45) is 0 Å². The summed E-state index contributed by atoms with van der Waals surface area (Å²) in [5, 5.41) is 0. The Morgan fingerprint density at radius 2 is 2.22 bits per heavy atom. The quantitative estimate of drug-likeness (QED) is 0.377. The van der Waals surface area contributed by atoms with Gasteiger partial charge >= 0.3 is 0 Å². The van der Waals surface area contributed by atoms with E-state index in [1.54, 1.807) is 0 Å². The lowest BCUT2D eigenvalue weighted by molar-refractivity contribution is 0.271. The van der Waals surface area contributed by atoms with E-state index in [-0.39, 0.29) is 0 Å². The predicted octanol–water partition coefficient (Wildman–Crippen LogP) is 2.24. The first-order valence-electron chi connectivity index (χ1n) is 3.18. The van der Waals surface area contributed by atoms with E-state index in [9.17, 15) is 0 Å². The van der Waals surface area contributed by atoms with Crippen LogP contribution >= 0.6 is 38.5 Å². The molecule has 1 saturated heterocycles. The monoisotopic (exact) mass is 303 g/mol. The Hall–Kier alpha value is 1.17. The number of halogens is 2. The van der Waals surface area contributed by atoms with Crippen LogP contribution in [0.1, 0.15) is 12.8 Å². The van der Waals surface area contributed by atoms with Crippen LogP contribution in [0, 0.1) is 0 Å². The second-order valence-corrected chi connectivity index (χ2v) is 5.28. The van der Waals surface area contributed by atoms with Crippen LogP contribution in [0.4, 0.5) is 0 Å². The first-order chi connectivity index (χ1) is 4.20. The van der Waals surface area contributed by atoms with Gasteiger partial charge in [-0.1, -0.05) is 38.5 Å². The second-order valence-electron chi connectivity index (χ2n) is 2.55. The summed E-state index contributed by atoms with van der Waals surface area (Å²) < 4.78 is 0.761. The minimum Gasteiger partial charge on any atom is -0.294 e. The number of alkyl halides is 2. The third-order valence-electron chi connectivity index (χ3n) is 1.68. The molecule has 1 heterocycles. The maximum Gasteiger partial charge on any atom is 0.0616 e. The molecule has 0 saturated carbocycles. The lowest BCUT2D eigenvalue weighted by Crippen LogP contribution is -2.37. The van der Waals surface area contributed by atoms with Gasteiger partial charge in [0.15, 0.2) is 0 Å². The van der Waals surface area contributed by atoms with E-state index >= 15 is 0 Å². The molecule has 0 aromatic carbocycles. The normalized spacial score (nSPS) is 39.0. The molecule has 0 bridgehead atoms. The molecule has 1 aliphatic heterocycles. The average molecular weight is 304 g/mol. The van der Waals surface area contributed by atoms with E-state index in [1.165, 1.54) is 19.4 Å². The molecule has 3 heteroatoms. The molecule has 0 N–H and O–H groups in total. The highest BCUT2D eigenvalue weighted by molar-refractivity contribution is 14.1. The van der Waals surface area contributed by atoms with Crippen LogP contribution in [0.3, 0.4) is 0 Å². The fourth-order valence-corrected chi connectivity index (χ4v) is 2.36. The zero-order chi connectivity index (χ0) is 6.85. The fraction of sp³-hybridized carbons (Fsp3) is 1.00. The third kappa shape index (κ3) is 2.35. The van der Waals surface area contributed by atoms with Gasteiger partial charge < -0.3 is 0 Å². The molecule has 0 spiro atoms. The van der Waals surface area contributed by atoms with Crippen molar-refractivity contribution in [3.63, 3.8) is 0 Å². The van der Waals surface area contributed by atoms with E-state index in [1.807, 2.05) is 0 Å². The molecule has 9 heavy (non-hydrogen) atoms. The van der Waals surface area contributed by atoms with Crippen molar-refractivity contribution < 1.29 is 0 Å². The molecule has 0 aromatic heterocycles. The molecule has 54 valence electrons. The molecule has 0 aliphatic carbocycles. The number of piperidine rings is 1. The van der Waals surface area contributed by atoms with E-state index < -0.39 is 0 Å². The Morgan fingerprint density at radius 3 is 2.67 bits per heavy atom. The minimum atomic E-state index is 0.730. The third-order valence-corrected chi connectivity index (χ3v) is 4.00. The standard InChI is InChI=1S/C6H11BrIN/c1-9-4-5(7)2-3-6(9)8/h5-6H,2-4H2,1H3. The Balaban J connectivity index is 2.35. The molecule has 1 fully saturated rings. The van der Waals surface area contributed by atoms with Crippen molar-refractivity contribution in [1.82, 2.24) is 4.90 Å². The first kappa shape index (κ1) is 8.27. The highest BCUT2D eigenvalue weighted by Gasteiger charge is 2.20. The molecular formula is C6H11BrIN. The highest BCUT2D eigenvalue weighted by Crippen LogP contribution is 2.24. The van der Waals surface area contributed by atoms with Crippen LogP contribution in [-0.4, -0.2) is 27.4 Å². The van der Waals surface area contributed by atoms with Gasteiger partial charge in [0.05, 0.1) is 4.05 Å². The summed E-state index contributed by atoms with van der Waals surface area (Å²) in [5.74, 6) is 0. The van der Waals surface area contributed by atoms with Crippen LogP contribution in [-0.2, 0) is 0 Å². The van der Waals surface area contributed by atoms with Crippen molar-refractivity contribution in [2.75, 3.05) is 13.6 Å². The van der Waals surface area contributed by atoms with Crippen LogP contribution in [0.25, 0.3) is 0 Å². The van der Waals surface area contributed by atoms with Gasteiger partial charge in [-0.15, -0.1) is 0 Å². The largest absolute Gasteiger partial charge is 0.294 e. The van der Waals surface area contributed by atoms with Crippen molar-refractivity contribution in [2.45, 2.75) is 21.7 Å².